The first-order chi connectivity index (χ1) is 13.3. The standard InChI is InChI=1S/C22H26N4O/c1-16(26-10-2-3-11-26)17-5-4-6-18(13-17)19-7-8-21-20(14-19)22(23-9-12-27)25-15-24-21/h4-8,13-16,27H,2-3,9-12H2,1H3,(H,23,24,25)/t16-/m1/s1. The molecule has 2 N–H and O–H groups in total. The molecule has 2 heterocycles. The molecule has 5 heteroatoms. The fraction of sp³-hybridized carbons (Fsp3) is 0.364. The van der Waals surface area contributed by atoms with Crippen molar-refractivity contribution in [3.8, 4) is 11.1 Å². The van der Waals surface area contributed by atoms with Gasteiger partial charge in [-0.1, -0.05) is 24.3 Å². The second-order valence-corrected chi connectivity index (χ2v) is 7.15. The van der Waals surface area contributed by atoms with Gasteiger partial charge in [0.05, 0.1) is 12.1 Å². The molecule has 0 aliphatic carbocycles. The minimum atomic E-state index is 0.0711. The van der Waals surface area contributed by atoms with Crippen molar-refractivity contribution < 1.29 is 5.11 Å². The number of hydrogen-bond donors (Lipinski definition) is 2. The van der Waals surface area contributed by atoms with Crippen LogP contribution in [0.1, 0.15) is 31.4 Å². The maximum Gasteiger partial charge on any atom is 0.137 e. The number of nitrogens with one attached hydrogen (secondary N) is 1. The van der Waals surface area contributed by atoms with Gasteiger partial charge in [-0.25, -0.2) is 9.97 Å². The second-order valence-electron chi connectivity index (χ2n) is 7.15. The van der Waals surface area contributed by atoms with Crippen molar-refractivity contribution in [3.05, 3.63) is 54.4 Å². The maximum absolute atomic E-state index is 9.09. The molecule has 0 bridgehead atoms. The van der Waals surface area contributed by atoms with Crippen LogP contribution >= 0.6 is 0 Å². The highest BCUT2D eigenvalue weighted by Crippen LogP contribution is 2.30. The molecule has 1 aromatic heterocycles. The zero-order valence-corrected chi connectivity index (χ0v) is 15.7. The van der Waals surface area contributed by atoms with Crippen LogP contribution in [0.5, 0.6) is 0 Å². The summed E-state index contributed by atoms with van der Waals surface area (Å²) in [7, 11) is 0. The molecule has 1 atom stereocenters. The van der Waals surface area contributed by atoms with Gasteiger partial charge >= 0.3 is 0 Å². The first kappa shape index (κ1) is 17.9. The SMILES string of the molecule is C[C@H](c1cccc(-c2ccc3ncnc(NCCO)c3c2)c1)N1CCCC1. The van der Waals surface area contributed by atoms with E-state index in [0.717, 1.165) is 22.3 Å². The summed E-state index contributed by atoms with van der Waals surface area (Å²) in [5.41, 5.74) is 4.62. The third-order valence-electron chi connectivity index (χ3n) is 5.43. The van der Waals surface area contributed by atoms with E-state index < -0.39 is 0 Å². The van der Waals surface area contributed by atoms with Gasteiger partial charge in [0.2, 0.25) is 0 Å². The van der Waals surface area contributed by atoms with E-state index in [9.17, 15) is 0 Å². The van der Waals surface area contributed by atoms with Crippen LogP contribution in [0, 0.1) is 0 Å². The van der Waals surface area contributed by atoms with Crippen molar-refractivity contribution >= 4 is 16.7 Å². The number of benzene rings is 2. The normalized spacial score (nSPS) is 15.9. The van der Waals surface area contributed by atoms with Gasteiger partial charge < -0.3 is 10.4 Å². The molecule has 0 saturated carbocycles. The molecule has 0 amide bonds. The summed E-state index contributed by atoms with van der Waals surface area (Å²) in [5.74, 6) is 0.762. The van der Waals surface area contributed by atoms with Gasteiger partial charge in [-0.3, -0.25) is 4.90 Å². The van der Waals surface area contributed by atoms with E-state index in [-0.39, 0.29) is 6.61 Å². The number of nitrogens with zero attached hydrogens (tertiary/aromatic N) is 3. The first-order valence-corrected chi connectivity index (χ1v) is 9.70. The zero-order chi connectivity index (χ0) is 18.6. The number of aliphatic hydroxyl groups excluding tert-OH is 1. The average molecular weight is 362 g/mol. The number of likely N-dealkylation sites (tertiary alicyclic amines) is 1. The summed E-state index contributed by atoms with van der Waals surface area (Å²) in [4.78, 5) is 11.3. The molecule has 27 heavy (non-hydrogen) atoms. The molecule has 2 aromatic carbocycles. The zero-order valence-electron chi connectivity index (χ0n) is 15.7. The van der Waals surface area contributed by atoms with Crippen LogP contribution in [-0.2, 0) is 0 Å². The third-order valence-corrected chi connectivity index (χ3v) is 5.43. The van der Waals surface area contributed by atoms with E-state index in [2.05, 4.69) is 63.5 Å². The van der Waals surface area contributed by atoms with E-state index in [1.165, 1.54) is 37.1 Å². The van der Waals surface area contributed by atoms with Crippen LogP contribution in [0.4, 0.5) is 5.82 Å². The third kappa shape index (κ3) is 3.80. The Labute approximate surface area is 160 Å². The predicted octanol–water partition coefficient (Wildman–Crippen LogP) is 3.86. The Morgan fingerprint density at radius 1 is 1.07 bits per heavy atom. The molecule has 1 aliphatic rings. The van der Waals surface area contributed by atoms with Crippen LogP contribution in [0.25, 0.3) is 22.0 Å². The van der Waals surface area contributed by atoms with Gasteiger partial charge in [0.15, 0.2) is 0 Å². The number of aliphatic hydroxyl groups is 1. The van der Waals surface area contributed by atoms with Crippen molar-refractivity contribution in [3.63, 3.8) is 0 Å². The quantitative estimate of drug-likeness (QED) is 0.697. The highest BCUT2D eigenvalue weighted by molar-refractivity contribution is 5.92. The molecule has 0 spiro atoms. The molecular formula is C22H26N4O. The summed E-state index contributed by atoms with van der Waals surface area (Å²) in [6, 6.07) is 15.6. The molecular weight excluding hydrogens is 336 g/mol. The summed E-state index contributed by atoms with van der Waals surface area (Å²) in [5, 5.41) is 13.2. The van der Waals surface area contributed by atoms with Crippen molar-refractivity contribution in [1.29, 1.82) is 0 Å². The maximum atomic E-state index is 9.09. The van der Waals surface area contributed by atoms with Crippen molar-refractivity contribution in [2.75, 3.05) is 31.6 Å². The van der Waals surface area contributed by atoms with Gasteiger partial charge in [-0.2, -0.15) is 0 Å². The molecule has 5 nitrogen and oxygen atoms in total. The van der Waals surface area contributed by atoms with Crippen molar-refractivity contribution in [2.45, 2.75) is 25.8 Å². The van der Waals surface area contributed by atoms with Crippen LogP contribution in [0.15, 0.2) is 48.8 Å². The van der Waals surface area contributed by atoms with E-state index >= 15 is 0 Å². The van der Waals surface area contributed by atoms with Gasteiger partial charge in [-0.15, -0.1) is 0 Å². The molecule has 1 saturated heterocycles. The molecule has 3 aromatic rings. The average Bonchev–Trinajstić information content (AvgIpc) is 3.26. The largest absolute Gasteiger partial charge is 0.395 e. The van der Waals surface area contributed by atoms with E-state index in [1.807, 2.05) is 6.07 Å². The summed E-state index contributed by atoms with van der Waals surface area (Å²) in [6.07, 6.45) is 4.16. The Morgan fingerprint density at radius 2 is 1.89 bits per heavy atom. The first-order valence-electron chi connectivity index (χ1n) is 9.70. The van der Waals surface area contributed by atoms with Crippen LogP contribution in [0.3, 0.4) is 0 Å². The number of fused-ring (bicyclic) bond motifs is 1. The Morgan fingerprint density at radius 3 is 2.70 bits per heavy atom. The minimum Gasteiger partial charge on any atom is -0.395 e. The lowest BCUT2D eigenvalue weighted by molar-refractivity contribution is 0.263. The van der Waals surface area contributed by atoms with Crippen LogP contribution in [0.2, 0.25) is 0 Å². The molecule has 0 unspecified atom stereocenters. The minimum absolute atomic E-state index is 0.0711. The molecule has 1 fully saturated rings. The fourth-order valence-electron chi connectivity index (χ4n) is 3.87. The van der Waals surface area contributed by atoms with Gasteiger partial charge in [0.25, 0.3) is 0 Å². The molecule has 4 rings (SSSR count). The Hall–Kier alpha value is -2.50. The van der Waals surface area contributed by atoms with Crippen LogP contribution in [-0.4, -0.2) is 46.2 Å². The molecule has 1 aliphatic heterocycles. The number of aromatic nitrogens is 2. The monoisotopic (exact) mass is 362 g/mol. The summed E-state index contributed by atoms with van der Waals surface area (Å²) < 4.78 is 0. The lowest BCUT2D eigenvalue weighted by atomic mass is 9.98. The predicted molar refractivity (Wildman–Crippen MR) is 110 cm³/mol. The summed E-state index contributed by atoms with van der Waals surface area (Å²) in [6.45, 7) is 5.23. The lowest BCUT2D eigenvalue weighted by Gasteiger charge is -2.24. The Balaban J connectivity index is 1.68. The van der Waals surface area contributed by atoms with Crippen molar-refractivity contribution in [2.24, 2.45) is 0 Å². The van der Waals surface area contributed by atoms with Gasteiger partial charge in [0, 0.05) is 18.0 Å². The van der Waals surface area contributed by atoms with E-state index in [4.69, 9.17) is 5.11 Å². The van der Waals surface area contributed by atoms with E-state index in [1.54, 1.807) is 6.33 Å². The van der Waals surface area contributed by atoms with Crippen molar-refractivity contribution in [1.82, 2.24) is 14.9 Å². The Bertz CT molecular complexity index is 921. The topological polar surface area (TPSA) is 61.3 Å². The second kappa shape index (κ2) is 8.03. The Kier molecular flexibility index (Phi) is 5.32. The number of anilines is 1. The number of hydrogen-bond acceptors (Lipinski definition) is 5. The fourth-order valence-corrected chi connectivity index (χ4v) is 3.87. The van der Waals surface area contributed by atoms with Gasteiger partial charge in [-0.05, 0) is 67.7 Å². The lowest BCUT2D eigenvalue weighted by Crippen LogP contribution is -2.23. The van der Waals surface area contributed by atoms with Gasteiger partial charge in [0.1, 0.15) is 12.1 Å². The number of rotatable bonds is 6. The smallest absolute Gasteiger partial charge is 0.137 e. The highest BCUT2D eigenvalue weighted by atomic mass is 16.3. The summed E-state index contributed by atoms with van der Waals surface area (Å²) >= 11 is 0. The van der Waals surface area contributed by atoms with E-state index in [0.29, 0.717) is 12.6 Å². The molecule has 0 radical (unpaired) electrons. The molecule has 140 valence electrons. The van der Waals surface area contributed by atoms with Crippen LogP contribution < -0.4 is 5.32 Å². The highest BCUT2D eigenvalue weighted by Gasteiger charge is 2.19.